The molecule has 2 aromatic rings. The largest absolute Gasteiger partial charge is 0.480 e. The summed E-state index contributed by atoms with van der Waals surface area (Å²) in [5, 5.41) is 11.4. The molecule has 0 fully saturated rings. The molecule has 0 radical (unpaired) electrons. The molecule has 0 bridgehead atoms. The molecule has 0 aliphatic carbocycles. The highest BCUT2D eigenvalue weighted by molar-refractivity contribution is 7.12. The average molecular weight is 330 g/mol. The van der Waals surface area contributed by atoms with Crippen LogP contribution in [0.3, 0.4) is 0 Å². The van der Waals surface area contributed by atoms with Gasteiger partial charge < -0.3 is 5.11 Å². The molecule has 1 N–H and O–H groups in total. The van der Waals surface area contributed by atoms with Crippen LogP contribution < -0.4 is 4.90 Å². The predicted octanol–water partition coefficient (Wildman–Crippen LogP) is 3.79. The van der Waals surface area contributed by atoms with Gasteiger partial charge in [0.25, 0.3) is 5.91 Å². The molecular formula is C13H9Cl2NO3S. The molecule has 1 heterocycles. The lowest BCUT2D eigenvalue weighted by Crippen LogP contribution is -2.35. The third-order valence-electron chi connectivity index (χ3n) is 2.47. The van der Waals surface area contributed by atoms with Crippen LogP contribution in [0.15, 0.2) is 35.7 Å². The van der Waals surface area contributed by atoms with Crippen LogP contribution in [-0.4, -0.2) is 23.5 Å². The third kappa shape index (κ3) is 3.30. The summed E-state index contributed by atoms with van der Waals surface area (Å²) in [4.78, 5) is 24.8. The molecule has 7 heteroatoms. The minimum absolute atomic E-state index is 0.299. The Bertz CT molecular complexity index is 657. The molecule has 20 heavy (non-hydrogen) atoms. The predicted molar refractivity (Wildman–Crippen MR) is 80.1 cm³/mol. The number of halogens is 2. The van der Waals surface area contributed by atoms with Crippen LogP contribution in [0, 0.1) is 0 Å². The third-order valence-corrected chi connectivity index (χ3v) is 4.03. The van der Waals surface area contributed by atoms with E-state index in [9.17, 15) is 9.59 Å². The number of hydrogen-bond donors (Lipinski definition) is 1. The Labute approximate surface area is 129 Å². The van der Waals surface area contributed by atoms with Crippen molar-refractivity contribution in [2.24, 2.45) is 0 Å². The molecule has 0 aliphatic rings. The number of nitrogens with zero attached hydrogens (tertiary/aromatic N) is 1. The Balaban J connectivity index is 2.40. The molecule has 0 saturated heterocycles. The van der Waals surface area contributed by atoms with E-state index in [0.29, 0.717) is 20.6 Å². The van der Waals surface area contributed by atoms with Gasteiger partial charge in [0.05, 0.1) is 5.02 Å². The lowest BCUT2D eigenvalue weighted by Gasteiger charge is -2.20. The van der Waals surface area contributed by atoms with Gasteiger partial charge in [0, 0.05) is 10.7 Å². The van der Waals surface area contributed by atoms with Crippen LogP contribution >= 0.6 is 34.5 Å². The fourth-order valence-corrected chi connectivity index (χ4v) is 2.90. The lowest BCUT2D eigenvalue weighted by molar-refractivity contribution is -0.135. The van der Waals surface area contributed by atoms with E-state index in [1.54, 1.807) is 29.6 Å². The summed E-state index contributed by atoms with van der Waals surface area (Å²) < 4.78 is 0. The zero-order valence-corrected chi connectivity index (χ0v) is 12.4. The first kappa shape index (κ1) is 14.8. The van der Waals surface area contributed by atoms with E-state index in [2.05, 4.69) is 0 Å². The first-order chi connectivity index (χ1) is 9.49. The number of thiophene rings is 1. The number of anilines is 1. The van der Waals surface area contributed by atoms with Crippen LogP contribution in [0.25, 0.3) is 0 Å². The van der Waals surface area contributed by atoms with Crippen LogP contribution in [0.5, 0.6) is 0 Å². The molecule has 1 amide bonds. The highest BCUT2D eigenvalue weighted by Gasteiger charge is 2.23. The molecule has 0 unspecified atom stereocenters. The molecule has 0 atom stereocenters. The van der Waals surface area contributed by atoms with Gasteiger partial charge in [0.2, 0.25) is 0 Å². The van der Waals surface area contributed by atoms with Crippen molar-refractivity contribution < 1.29 is 14.7 Å². The van der Waals surface area contributed by atoms with Crippen molar-refractivity contribution in [2.75, 3.05) is 11.4 Å². The monoisotopic (exact) mass is 329 g/mol. The SMILES string of the molecule is O=C(O)CN(C(=O)c1sccc1Cl)c1cccc(Cl)c1. The number of carbonyl (C=O) groups excluding carboxylic acids is 1. The number of carboxylic acids is 1. The summed E-state index contributed by atoms with van der Waals surface area (Å²) in [6.07, 6.45) is 0. The maximum Gasteiger partial charge on any atom is 0.323 e. The summed E-state index contributed by atoms with van der Waals surface area (Å²) in [5.41, 5.74) is 0.411. The van der Waals surface area contributed by atoms with Gasteiger partial charge in [0.15, 0.2) is 0 Å². The minimum atomic E-state index is -1.12. The van der Waals surface area contributed by atoms with Crippen molar-refractivity contribution in [1.82, 2.24) is 0 Å². The smallest absolute Gasteiger partial charge is 0.323 e. The Kier molecular flexibility index (Phi) is 4.65. The number of rotatable bonds is 4. The summed E-state index contributed by atoms with van der Waals surface area (Å²) in [5.74, 6) is -1.58. The summed E-state index contributed by atoms with van der Waals surface area (Å²) >= 11 is 13.0. The number of carbonyl (C=O) groups is 2. The Morgan fingerprint density at radius 3 is 2.55 bits per heavy atom. The van der Waals surface area contributed by atoms with E-state index in [1.807, 2.05) is 0 Å². The quantitative estimate of drug-likeness (QED) is 0.928. The fraction of sp³-hybridized carbons (Fsp3) is 0.0769. The second-order valence-corrected chi connectivity index (χ2v) is 5.62. The average Bonchev–Trinajstić information content (AvgIpc) is 2.81. The standard InChI is InChI=1S/C13H9Cl2NO3S/c14-8-2-1-3-9(6-8)16(7-11(17)18)13(19)12-10(15)4-5-20-12/h1-6H,7H2,(H,17,18). The zero-order chi connectivity index (χ0) is 14.7. The van der Waals surface area contributed by atoms with Gasteiger partial charge in [-0.05, 0) is 29.6 Å². The van der Waals surface area contributed by atoms with Gasteiger partial charge in [0.1, 0.15) is 11.4 Å². The Hall–Kier alpha value is -1.56. The Morgan fingerprint density at radius 1 is 1.25 bits per heavy atom. The van der Waals surface area contributed by atoms with Crippen molar-refractivity contribution in [3.05, 3.63) is 50.6 Å². The molecule has 1 aromatic heterocycles. The highest BCUT2D eigenvalue weighted by atomic mass is 35.5. The molecule has 0 aliphatic heterocycles. The minimum Gasteiger partial charge on any atom is -0.480 e. The van der Waals surface area contributed by atoms with Crippen LogP contribution in [0.4, 0.5) is 5.69 Å². The van der Waals surface area contributed by atoms with Crippen LogP contribution in [0.1, 0.15) is 9.67 Å². The summed E-state index contributed by atoms with van der Waals surface area (Å²) in [6, 6.07) is 8.04. The second-order valence-electron chi connectivity index (χ2n) is 3.86. The topological polar surface area (TPSA) is 57.6 Å². The molecule has 1 aromatic carbocycles. The maximum absolute atomic E-state index is 12.4. The summed E-state index contributed by atoms with van der Waals surface area (Å²) in [7, 11) is 0. The van der Waals surface area contributed by atoms with Crippen molar-refractivity contribution in [3.63, 3.8) is 0 Å². The van der Waals surface area contributed by atoms with E-state index in [-0.39, 0.29) is 0 Å². The second kappa shape index (κ2) is 6.26. The van der Waals surface area contributed by atoms with Crippen molar-refractivity contribution in [2.45, 2.75) is 0 Å². The van der Waals surface area contributed by atoms with E-state index >= 15 is 0 Å². The number of hydrogen-bond acceptors (Lipinski definition) is 3. The molecule has 2 rings (SSSR count). The van der Waals surface area contributed by atoms with Crippen molar-refractivity contribution >= 4 is 52.1 Å². The molecule has 0 saturated carbocycles. The van der Waals surface area contributed by atoms with Gasteiger partial charge in [-0.2, -0.15) is 0 Å². The van der Waals surface area contributed by atoms with Gasteiger partial charge in [-0.15, -0.1) is 11.3 Å². The van der Waals surface area contributed by atoms with Gasteiger partial charge in [-0.25, -0.2) is 0 Å². The number of carboxylic acid groups (broad SMARTS) is 1. The van der Waals surface area contributed by atoms with Gasteiger partial charge in [-0.1, -0.05) is 29.3 Å². The number of aliphatic carboxylic acids is 1. The van der Waals surface area contributed by atoms with Gasteiger partial charge >= 0.3 is 5.97 Å². The van der Waals surface area contributed by atoms with E-state index in [0.717, 1.165) is 16.2 Å². The van der Waals surface area contributed by atoms with Gasteiger partial charge in [-0.3, -0.25) is 14.5 Å². The van der Waals surface area contributed by atoms with E-state index in [1.165, 1.54) is 6.07 Å². The normalized spacial score (nSPS) is 10.3. The first-order valence-electron chi connectivity index (χ1n) is 5.51. The summed E-state index contributed by atoms with van der Waals surface area (Å²) in [6.45, 7) is -0.465. The number of benzene rings is 1. The maximum atomic E-state index is 12.4. The van der Waals surface area contributed by atoms with Crippen LogP contribution in [0.2, 0.25) is 10.0 Å². The van der Waals surface area contributed by atoms with Crippen LogP contribution in [-0.2, 0) is 4.79 Å². The van der Waals surface area contributed by atoms with Crippen molar-refractivity contribution in [3.8, 4) is 0 Å². The highest BCUT2D eigenvalue weighted by Crippen LogP contribution is 2.27. The van der Waals surface area contributed by atoms with Crippen molar-refractivity contribution in [1.29, 1.82) is 0 Å². The first-order valence-corrected chi connectivity index (χ1v) is 7.15. The zero-order valence-electron chi connectivity index (χ0n) is 10.0. The molecular weight excluding hydrogens is 321 g/mol. The van der Waals surface area contributed by atoms with E-state index in [4.69, 9.17) is 28.3 Å². The molecule has 4 nitrogen and oxygen atoms in total. The molecule has 0 spiro atoms. The van der Waals surface area contributed by atoms with E-state index < -0.39 is 18.4 Å². The Morgan fingerprint density at radius 2 is 2.00 bits per heavy atom. The lowest BCUT2D eigenvalue weighted by atomic mass is 10.2. The fourth-order valence-electron chi connectivity index (χ4n) is 1.63. The molecule has 104 valence electrons. The number of amides is 1.